The van der Waals surface area contributed by atoms with Crippen LogP contribution in [0.3, 0.4) is 0 Å². The molecule has 13 rings (SSSR count). The first-order valence-corrected chi connectivity index (χ1v) is 25.7. The smallest absolute Gasteiger partial charge is 0.114 e. The van der Waals surface area contributed by atoms with Gasteiger partial charge in [-0.15, -0.1) is 20.4 Å². The first-order valence-electron chi connectivity index (χ1n) is 25.7. The van der Waals surface area contributed by atoms with Gasteiger partial charge in [-0.1, -0.05) is 158 Å². The van der Waals surface area contributed by atoms with Crippen molar-refractivity contribution in [3.63, 3.8) is 0 Å². The highest BCUT2D eigenvalue weighted by molar-refractivity contribution is 5.92. The van der Waals surface area contributed by atoms with Gasteiger partial charge in [-0.25, -0.2) is 0 Å². The molecule has 0 radical (unpaired) electrons. The molecule has 0 atom stereocenters. The molecule has 11 aromatic carbocycles. The monoisotopic (exact) mass is 990 g/mol. The summed E-state index contributed by atoms with van der Waals surface area (Å²) in [5.41, 5.74) is 18.1. The molecule has 0 fully saturated rings. The van der Waals surface area contributed by atoms with Crippen molar-refractivity contribution in [2.75, 3.05) is 9.80 Å². The lowest BCUT2D eigenvalue weighted by atomic mass is 10.0. The van der Waals surface area contributed by atoms with Crippen LogP contribution in [0.15, 0.2) is 280 Å². The maximum atomic E-state index is 4.90. The van der Waals surface area contributed by atoms with Crippen LogP contribution in [0.2, 0.25) is 0 Å². The molecular formula is C69H50N8. The Balaban J connectivity index is 0.797. The Labute approximate surface area is 446 Å². The number of hydrogen-bond donors (Lipinski definition) is 0. The summed E-state index contributed by atoms with van der Waals surface area (Å²) in [6.45, 7) is 5.86. The van der Waals surface area contributed by atoms with Crippen molar-refractivity contribution in [2.24, 2.45) is 0 Å². The summed E-state index contributed by atoms with van der Waals surface area (Å²) in [5.74, 6) is 0. The van der Waals surface area contributed by atoms with Gasteiger partial charge >= 0.3 is 0 Å². The van der Waals surface area contributed by atoms with Gasteiger partial charge in [0, 0.05) is 34.1 Å². The number of anilines is 6. The van der Waals surface area contributed by atoms with E-state index in [1.807, 2.05) is 30.4 Å². The molecule has 0 aliphatic rings. The van der Waals surface area contributed by atoms with Gasteiger partial charge < -0.3 is 9.80 Å². The van der Waals surface area contributed by atoms with E-state index >= 15 is 0 Å². The SMILES string of the molecule is C=C/C=C\C=C(/C)c1ccc2nn(-c3ccc(N(c4ccc(-c5ccc(N(c6ccc(-n7nc8ccc(-c9ccccc9)cc8n7)cc6)c6ccc7ccccc7c6)cc5)cc4)c4ccc5ccccc5c4)cc3)nc2c1. The summed E-state index contributed by atoms with van der Waals surface area (Å²) in [4.78, 5) is 8.05. The molecule has 0 saturated heterocycles. The van der Waals surface area contributed by atoms with Crippen LogP contribution >= 0.6 is 0 Å². The predicted octanol–water partition coefficient (Wildman–Crippen LogP) is 17.9. The van der Waals surface area contributed by atoms with Crippen molar-refractivity contribution in [1.29, 1.82) is 0 Å². The molecule has 77 heavy (non-hydrogen) atoms. The highest BCUT2D eigenvalue weighted by Crippen LogP contribution is 2.40. The van der Waals surface area contributed by atoms with Gasteiger partial charge in [-0.05, 0) is 183 Å². The standard InChI is InChI=1S/C69H50N8/c1-3-4-6-13-48(2)54-26-42-66-68(46-54)72-76(70-66)62-38-34-60(35-39-62)74(64-32-24-50-16-9-11-18-55(50)44-64)58-28-20-52(21-29-58)53-22-30-59(31-23-53)75(65-33-25-51-17-10-12-19-56(51)45-65)61-36-40-63(41-37-61)77-71-67-43-27-57(47-69(67)73-77)49-14-7-5-8-15-49/h3-47H,1H2,2H3/b6-4-,48-13+. The Morgan fingerprint density at radius 2 is 0.753 bits per heavy atom. The number of allylic oxidation sites excluding steroid dienone is 5. The Morgan fingerprint density at radius 3 is 1.26 bits per heavy atom. The molecule has 0 unspecified atom stereocenters. The third-order valence-electron chi connectivity index (χ3n) is 14.2. The first-order chi connectivity index (χ1) is 38.0. The molecule has 0 bridgehead atoms. The average Bonchev–Trinajstić information content (AvgIpc) is 4.14. The second-order valence-corrected chi connectivity index (χ2v) is 19.1. The summed E-state index contributed by atoms with van der Waals surface area (Å²) < 4.78 is 0. The summed E-state index contributed by atoms with van der Waals surface area (Å²) in [6, 6.07) is 87.7. The molecule has 366 valence electrons. The first kappa shape index (κ1) is 46.4. The fraction of sp³-hybridized carbons (Fsp3) is 0.0145. The average molecular weight is 991 g/mol. The molecule has 0 spiro atoms. The minimum atomic E-state index is 0.837. The van der Waals surface area contributed by atoms with E-state index in [-0.39, 0.29) is 0 Å². The largest absolute Gasteiger partial charge is 0.310 e. The zero-order valence-corrected chi connectivity index (χ0v) is 42.3. The minimum absolute atomic E-state index is 0.837. The van der Waals surface area contributed by atoms with Crippen molar-refractivity contribution in [1.82, 2.24) is 30.0 Å². The lowest BCUT2D eigenvalue weighted by Crippen LogP contribution is -2.10. The van der Waals surface area contributed by atoms with Crippen LogP contribution in [-0.2, 0) is 0 Å². The number of benzene rings is 11. The van der Waals surface area contributed by atoms with E-state index in [9.17, 15) is 0 Å². The highest BCUT2D eigenvalue weighted by Gasteiger charge is 2.18. The molecule has 0 aliphatic heterocycles. The summed E-state index contributed by atoms with van der Waals surface area (Å²) >= 11 is 0. The van der Waals surface area contributed by atoms with E-state index < -0.39 is 0 Å². The van der Waals surface area contributed by atoms with Crippen LogP contribution in [0, 0.1) is 0 Å². The Hall–Kier alpha value is -10.4. The maximum absolute atomic E-state index is 4.90. The Morgan fingerprint density at radius 1 is 0.351 bits per heavy atom. The fourth-order valence-corrected chi connectivity index (χ4v) is 10.1. The molecule has 8 heteroatoms. The molecule has 8 nitrogen and oxygen atoms in total. The van der Waals surface area contributed by atoms with Crippen molar-refractivity contribution in [2.45, 2.75) is 6.92 Å². The quantitative estimate of drug-likeness (QED) is 0.107. The third kappa shape index (κ3) is 9.32. The van der Waals surface area contributed by atoms with Crippen molar-refractivity contribution in [3.05, 3.63) is 285 Å². The molecule has 0 N–H and O–H groups in total. The van der Waals surface area contributed by atoms with Crippen LogP contribution in [-0.4, -0.2) is 30.0 Å². The zero-order valence-electron chi connectivity index (χ0n) is 42.3. The number of nitrogens with zero attached hydrogens (tertiary/aromatic N) is 8. The number of hydrogen-bond acceptors (Lipinski definition) is 6. The van der Waals surface area contributed by atoms with Crippen molar-refractivity contribution in [3.8, 4) is 33.6 Å². The third-order valence-corrected chi connectivity index (χ3v) is 14.2. The summed E-state index contributed by atoms with van der Waals surface area (Å²) in [7, 11) is 0. The van der Waals surface area contributed by atoms with Crippen LogP contribution < -0.4 is 9.80 Å². The van der Waals surface area contributed by atoms with Gasteiger partial charge in [0.2, 0.25) is 0 Å². The van der Waals surface area contributed by atoms with E-state index in [1.54, 1.807) is 15.7 Å². The van der Waals surface area contributed by atoms with Gasteiger partial charge in [0.05, 0.1) is 11.4 Å². The Bertz CT molecular complexity index is 4340. The molecule has 2 aromatic heterocycles. The summed E-state index contributed by atoms with van der Waals surface area (Å²) in [5, 5.41) is 24.2. The van der Waals surface area contributed by atoms with Gasteiger partial charge in [-0.3, -0.25) is 0 Å². The van der Waals surface area contributed by atoms with Crippen LogP contribution in [0.4, 0.5) is 34.1 Å². The number of fused-ring (bicyclic) bond motifs is 4. The lowest BCUT2D eigenvalue weighted by Gasteiger charge is -2.27. The van der Waals surface area contributed by atoms with Gasteiger partial charge in [0.1, 0.15) is 22.1 Å². The lowest BCUT2D eigenvalue weighted by molar-refractivity contribution is 0.765. The minimum Gasteiger partial charge on any atom is -0.310 e. The number of aromatic nitrogens is 6. The summed E-state index contributed by atoms with van der Waals surface area (Å²) in [6.07, 6.45) is 7.76. The second-order valence-electron chi connectivity index (χ2n) is 19.1. The molecule has 0 aliphatic carbocycles. The molecular weight excluding hydrogens is 941 g/mol. The molecule has 2 heterocycles. The number of rotatable bonds is 13. The predicted molar refractivity (Wildman–Crippen MR) is 320 cm³/mol. The van der Waals surface area contributed by atoms with Gasteiger partial charge in [0.25, 0.3) is 0 Å². The molecule has 0 saturated carbocycles. The van der Waals surface area contributed by atoms with Crippen molar-refractivity contribution >= 4 is 83.3 Å². The zero-order chi connectivity index (χ0) is 51.7. The Kier molecular flexibility index (Phi) is 12.1. The highest BCUT2D eigenvalue weighted by atomic mass is 15.5. The van der Waals surface area contributed by atoms with Crippen LogP contribution in [0.25, 0.3) is 82.8 Å². The molecule has 0 amide bonds. The van der Waals surface area contributed by atoms with Gasteiger partial charge in [0.15, 0.2) is 0 Å². The van der Waals surface area contributed by atoms with E-state index in [0.717, 1.165) is 101 Å². The normalized spacial score (nSPS) is 11.8. The fourth-order valence-electron chi connectivity index (χ4n) is 10.1. The van der Waals surface area contributed by atoms with Crippen LogP contribution in [0.1, 0.15) is 12.5 Å². The van der Waals surface area contributed by atoms with E-state index in [0.29, 0.717) is 0 Å². The topological polar surface area (TPSA) is 67.9 Å². The van der Waals surface area contributed by atoms with Crippen LogP contribution in [0.5, 0.6) is 0 Å². The van der Waals surface area contributed by atoms with E-state index in [2.05, 4.69) is 260 Å². The van der Waals surface area contributed by atoms with E-state index in [4.69, 9.17) is 20.4 Å². The van der Waals surface area contributed by atoms with E-state index in [1.165, 1.54) is 21.5 Å². The van der Waals surface area contributed by atoms with Gasteiger partial charge in [-0.2, -0.15) is 9.59 Å². The van der Waals surface area contributed by atoms with Crippen molar-refractivity contribution < 1.29 is 0 Å². The maximum Gasteiger partial charge on any atom is 0.114 e. The molecule has 13 aromatic rings. The second kappa shape index (κ2) is 20.1.